The van der Waals surface area contributed by atoms with Crippen LogP contribution in [0.15, 0.2) is 0 Å². The van der Waals surface area contributed by atoms with E-state index in [4.69, 9.17) is 24.1 Å². The molecule has 0 saturated carbocycles. The summed E-state index contributed by atoms with van der Waals surface area (Å²) in [5, 5.41) is 10.1. The molecule has 2 unspecified atom stereocenters. The zero-order valence-corrected chi connectivity index (χ0v) is 29.5. The fraction of sp³-hybridized carbons (Fsp3) is 0.867. The Morgan fingerprint density at radius 2 is 1.47 bits per heavy atom. The predicted octanol–water partition coefficient (Wildman–Crippen LogP) is 2.31. The Hall–Kier alpha value is -1.93. The smallest absolute Gasteiger partial charge is 0.311 e. The van der Waals surface area contributed by atoms with Crippen molar-refractivity contribution in [2.24, 2.45) is 11.8 Å². The normalized spacial score (nSPS) is 12.3. The number of likely N-dealkylation sites (N-methyl/N-ethyl adjacent to an activating group) is 3. The van der Waals surface area contributed by atoms with Crippen LogP contribution in [0.2, 0.25) is 0 Å². The first-order chi connectivity index (χ1) is 20.2. The van der Waals surface area contributed by atoms with Crippen molar-refractivity contribution in [2.45, 2.75) is 47.0 Å². The monoisotopic (exact) mass is 639 g/mol. The lowest BCUT2D eigenvalue weighted by Gasteiger charge is -2.33. The number of quaternary nitrogens is 1. The molecule has 0 aliphatic heterocycles. The molecule has 0 fully saturated rings. The molecule has 0 aromatic carbocycles. The number of hydrogen-bond donors (Lipinski definition) is 2. The number of carbonyl (C=O) groups is 4. The van der Waals surface area contributed by atoms with Crippen molar-refractivity contribution in [2.75, 3.05) is 113 Å². The van der Waals surface area contributed by atoms with Gasteiger partial charge in [-0.15, -0.1) is 0 Å². The molecule has 43 heavy (non-hydrogen) atoms. The van der Waals surface area contributed by atoms with Crippen molar-refractivity contribution in [3.63, 3.8) is 0 Å². The average molecular weight is 640 g/mol. The summed E-state index contributed by atoms with van der Waals surface area (Å²) in [4.78, 5) is 47.6. The zero-order chi connectivity index (χ0) is 33.7. The van der Waals surface area contributed by atoms with Crippen LogP contribution < -0.4 is 5.32 Å². The van der Waals surface area contributed by atoms with Gasteiger partial charge in [0.1, 0.15) is 13.2 Å². The third-order valence-electron chi connectivity index (χ3n) is 6.36. The molecule has 0 heterocycles. The Kier molecular flexibility index (Phi) is 31.9. The van der Waals surface area contributed by atoms with Crippen LogP contribution in [0.25, 0.3) is 0 Å². The Bertz CT molecular complexity index is 714. The number of rotatable bonds is 22. The van der Waals surface area contributed by atoms with Crippen molar-refractivity contribution in [3.05, 3.63) is 0 Å². The molecular formula is C30H63N4O8S+. The van der Waals surface area contributed by atoms with Gasteiger partial charge in [0.2, 0.25) is 0 Å². The molecule has 0 aromatic rings. The summed E-state index contributed by atoms with van der Waals surface area (Å²) in [6.07, 6.45) is 4.00. The molecule has 2 atom stereocenters. The fourth-order valence-electron chi connectivity index (χ4n) is 3.21. The van der Waals surface area contributed by atoms with Crippen LogP contribution >= 0.6 is 11.8 Å². The topological polar surface area (TPSA) is 135 Å². The van der Waals surface area contributed by atoms with E-state index in [2.05, 4.69) is 43.3 Å². The van der Waals surface area contributed by atoms with Gasteiger partial charge in [-0.05, 0) is 40.2 Å². The Morgan fingerprint density at radius 3 is 1.98 bits per heavy atom. The highest BCUT2D eigenvalue weighted by molar-refractivity contribution is 7.98. The second kappa shape index (κ2) is 30.1. The molecule has 0 spiro atoms. The van der Waals surface area contributed by atoms with Gasteiger partial charge in [0, 0.05) is 38.5 Å². The van der Waals surface area contributed by atoms with Crippen molar-refractivity contribution < 1.29 is 43.0 Å². The minimum atomic E-state index is -0.250. The van der Waals surface area contributed by atoms with Gasteiger partial charge >= 0.3 is 17.9 Å². The van der Waals surface area contributed by atoms with Crippen molar-refractivity contribution in [1.29, 1.82) is 0 Å². The van der Waals surface area contributed by atoms with Crippen molar-refractivity contribution in [1.82, 2.24) is 15.1 Å². The molecule has 0 amide bonds. The third-order valence-corrected chi connectivity index (χ3v) is 7.19. The van der Waals surface area contributed by atoms with Gasteiger partial charge < -0.3 is 34.0 Å². The summed E-state index contributed by atoms with van der Waals surface area (Å²) >= 11 is 1.67. The lowest BCUT2D eigenvalue weighted by molar-refractivity contribution is -0.889. The van der Waals surface area contributed by atoms with E-state index >= 15 is 0 Å². The molecular weight excluding hydrogens is 576 g/mol. The average Bonchev–Trinajstić information content (AvgIpc) is 2.96. The second-order valence-corrected chi connectivity index (χ2v) is 12.1. The van der Waals surface area contributed by atoms with Crippen LogP contribution in [0.4, 0.5) is 0 Å². The lowest BCUT2D eigenvalue weighted by atomic mass is 10.1. The van der Waals surface area contributed by atoms with Gasteiger partial charge in [0.25, 0.3) is 6.47 Å². The number of ether oxygens (including phenoxy) is 3. The first-order valence-corrected chi connectivity index (χ1v) is 16.5. The first-order valence-electron chi connectivity index (χ1n) is 15.1. The van der Waals surface area contributed by atoms with Gasteiger partial charge in [0.15, 0.2) is 0 Å². The van der Waals surface area contributed by atoms with Gasteiger partial charge in [-0.3, -0.25) is 24.1 Å². The highest BCUT2D eigenvalue weighted by Gasteiger charge is 2.20. The molecule has 2 N–H and O–H groups in total. The van der Waals surface area contributed by atoms with E-state index in [9.17, 15) is 14.4 Å². The molecule has 0 bridgehead atoms. The number of hydrogen-bond acceptors (Lipinski definition) is 11. The predicted molar refractivity (Wildman–Crippen MR) is 174 cm³/mol. The summed E-state index contributed by atoms with van der Waals surface area (Å²) in [5.74, 6) is 0.226. The van der Waals surface area contributed by atoms with Gasteiger partial charge in [-0.1, -0.05) is 27.7 Å². The Labute approximate surface area is 265 Å². The maximum absolute atomic E-state index is 12.0. The van der Waals surface area contributed by atoms with E-state index in [-0.39, 0.29) is 49.4 Å². The van der Waals surface area contributed by atoms with Crippen LogP contribution in [0, 0.1) is 11.8 Å². The van der Waals surface area contributed by atoms with E-state index in [1.807, 2.05) is 41.0 Å². The highest BCUT2D eigenvalue weighted by Crippen LogP contribution is 2.07. The summed E-state index contributed by atoms with van der Waals surface area (Å²) in [5.41, 5.74) is 0. The molecule has 0 aromatic heterocycles. The zero-order valence-electron chi connectivity index (χ0n) is 28.7. The van der Waals surface area contributed by atoms with Crippen LogP contribution in [0.3, 0.4) is 0 Å². The maximum Gasteiger partial charge on any atom is 0.311 e. The highest BCUT2D eigenvalue weighted by atomic mass is 32.2. The SMILES string of the molecule is CCC(C)C(=O)OCCOC(=O)CC[N+](C)(C)CCN(CCNC)CCN(C)C.CCCOC(=O)C(C)CSC.O=CO. The van der Waals surface area contributed by atoms with E-state index < -0.39 is 0 Å². The number of carboxylic acid groups (broad SMARTS) is 1. The maximum atomic E-state index is 12.0. The number of nitrogens with zero attached hydrogens (tertiary/aromatic N) is 3. The summed E-state index contributed by atoms with van der Waals surface area (Å²) in [6.45, 7) is 14.9. The van der Waals surface area contributed by atoms with Crippen LogP contribution in [-0.2, 0) is 33.4 Å². The van der Waals surface area contributed by atoms with Crippen molar-refractivity contribution >= 4 is 36.1 Å². The minimum absolute atomic E-state index is 0.0385. The number of carbonyl (C=O) groups excluding carboxylic acids is 3. The Morgan fingerprint density at radius 1 is 0.907 bits per heavy atom. The second-order valence-electron chi connectivity index (χ2n) is 11.2. The molecule has 256 valence electrons. The Balaban J connectivity index is -0.000000945. The van der Waals surface area contributed by atoms with Crippen LogP contribution in [0.5, 0.6) is 0 Å². The molecule has 0 aliphatic rings. The van der Waals surface area contributed by atoms with E-state index in [0.29, 0.717) is 13.0 Å². The van der Waals surface area contributed by atoms with Crippen LogP contribution in [-0.4, -0.2) is 157 Å². The van der Waals surface area contributed by atoms with Gasteiger partial charge in [-0.2, -0.15) is 11.8 Å². The summed E-state index contributed by atoms with van der Waals surface area (Å²) < 4.78 is 16.0. The molecule has 12 nitrogen and oxygen atoms in total. The van der Waals surface area contributed by atoms with Crippen LogP contribution in [0.1, 0.15) is 47.0 Å². The number of esters is 3. The van der Waals surface area contributed by atoms with Crippen molar-refractivity contribution in [3.8, 4) is 0 Å². The largest absolute Gasteiger partial charge is 0.483 e. The standard InChI is InChI=1S/C21H45N4O4.C8H16O2S.CH2O2/c1-8-19(2)21(27)29-18-17-28-20(26)9-15-25(6,7)16-14-24(11-10-22-3)13-12-23(4)5;1-4-5-10-8(9)7(2)6-11-3;2-1-3/h19,22H,8-18H2,1-7H3;7H,4-6H2,1-3H3;1H,(H,2,3)/q+1;;. The molecule has 0 radical (unpaired) electrons. The van der Waals surface area contributed by atoms with E-state index in [0.717, 1.165) is 68.9 Å². The summed E-state index contributed by atoms with van der Waals surface area (Å²) in [7, 11) is 10.4. The first kappa shape index (κ1) is 45.5. The number of thioether (sulfide) groups is 1. The third kappa shape index (κ3) is 31.3. The number of nitrogens with one attached hydrogen (secondary N) is 1. The van der Waals surface area contributed by atoms with Gasteiger partial charge in [-0.25, -0.2) is 0 Å². The molecule has 13 heteroatoms. The summed E-state index contributed by atoms with van der Waals surface area (Å²) in [6, 6.07) is 0. The molecule has 0 rings (SSSR count). The fourth-order valence-corrected chi connectivity index (χ4v) is 3.84. The lowest BCUT2D eigenvalue weighted by Crippen LogP contribution is -2.48. The minimum Gasteiger partial charge on any atom is -0.483 e. The van der Waals surface area contributed by atoms with E-state index in [1.54, 1.807) is 11.8 Å². The quantitative estimate of drug-likeness (QED) is 0.0592. The molecule has 0 saturated heterocycles. The van der Waals surface area contributed by atoms with E-state index in [1.165, 1.54) is 0 Å². The molecule has 0 aliphatic carbocycles. The van der Waals surface area contributed by atoms with Gasteiger partial charge in [0.05, 0.1) is 52.0 Å².